The molecule has 1 atom stereocenters. The number of carbonyl (C=O) groups is 1. The van der Waals surface area contributed by atoms with E-state index >= 15 is 0 Å². The molecule has 1 fully saturated rings. The lowest BCUT2D eigenvalue weighted by molar-refractivity contribution is -0.138. The third-order valence-electron chi connectivity index (χ3n) is 4.52. The van der Waals surface area contributed by atoms with E-state index in [4.69, 9.17) is 4.74 Å². The van der Waals surface area contributed by atoms with Crippen LogP contribution in [0.5, 0.6) is 5.75 Å². The first-order valence-electron chi connectivity index (χ1n) is 8.56. The van der Waals surface area contributed by atoms with Crippen LogP contribution in [0.3, 0.4) is 0 Å². The van der Waals surface area contributed by atoms with Gasteiger partial charge in [-0.3, -0.25) is 4.79 Å². The molecule has 3 rings (SSSR count). The Balaban J connectivity index is 1.56. The number of hydrogen-bond donors (Lipinski definition) is 0. The zero-order valence-electron chi connectivity index (χ0n) is 14.6. The van der Waals surface area contributed by atoms with Crippen LogP contribution in [-0.4, -0.2) is 43.1 Å². The number of rotatable bonds is 4. The molecule has 4 nitrogen and oxygen atoms in total. The number of hydrogen-bond acceptors (Lipinski definition) is 3. The Labute approximate surface area is 147 Å². The van der Waals surface area contributed by atoms with E-state index in [1.807, 2.05) is 17.0 Å². The van der Waals surface area contributed by atoms with Crippen molar-refractivity contribution in [1.82, 2.24) is 4.90 Å². The minimum absolute atomic E-state index is 0.0336. The minimum Gasteiger partial charge on any atom is -0.481 e. The Morgan fingerprint density at radius 2 is 1.68 bits per heavy atom. The van der Waals surface area contributed by atoms with E-state index in [9.17, 15) is 9.18 Å². The van der Waals surface area contributed by atoms with Crippen LogP contribution in [0.15, 0.2) is 48.5 Å². The maximum Gasteiger partial charge on any atom is 0.263 e. The number of carbonyl (C=O) groups excluding carboxylic acids is 1. The predicted octanol–water partition coefficient (Wildman–Crippen LogP) is 3.25. The van der Waals surface area contributed by atoms with Gasteiger partial charge in [-0.1, -0.05) is 18.2 Å². The van der Waals surface area contributed by atoms with Gasteiger partial charge in [-0.2, -0.15) is 0 Å². The van der Waals surface area contributed by atoms with Gasteiger partial charge in [-0.05, 0) is 49.7 Å². The maximum absolute atomic E-state index is 12.9. The van der Waals surface area contributed by atoms with Gasteiger partial charge in [0.05, 0.1) is 0 Å². The third-order valence-corrected chi connectivity index (χ3v) is 4.52. The molecule has 2 aromatic rings. The molecule has 0 bridgehead atoms. The highest BCUT2D eigenvalue weighted by Crippen LogP contribution is 2.21. The van der Waals surface area contributed by atoms with Crippen molar-refractivity contribution in [2.24, 2.45) is 0 Å². The lowest BCUT2D eigenvalue weighted by atomic mass is 10.1. The monoisotopic (exact) mass is 342 g/mol. The molecule has 1 heterocycles. The van der Waals surface area contributed by atoms with Gasteiger partial charge in [0.2, 0.25) is 0 Å². The van der Waals surface area contributed by atoms with Crippen LogP contribution in [0.25, 0.3) is 0 Å². The van der Waals surface area contributed by atoms with E-state index in [1.54, 1.807) is 6.92 Å². The Hall–Kier alpha value is -2.56. The topological polar surface area (TPSA) is 32.8 Å². The number of para-hydroxylation sites is 1. The van der Waals surface area contributed by atoms with E-state index in [2.05, 4.69) is 24.0 Å². The molecular weight excluding hydrogens is 319 g/mol. The molecule has 1 amide bonds. The van der Waals surface area contributed by atoms with Gasteiger partial charge >= 0.3 is 0 Å². The number of benzene rings is 2. The van der Waals surface area contributed by atoms with E-state index in [1.165, 1.54) is 35.5 Å². The fourth-order valence-corrected chi connectivity index (χ4v) is 3.11. The average Bonchev–Trinajstić information content (AvgIpc) is 2.63. The van der Waals surface area contributed by atoms with E-state index in [0.29, 0.717) is 18.8 Å². The van der Waals surface area contributed by atoms with Crippen LogP contribution in [0.2, 0.25) is 0 Å². The van der Waals surface area contributed by atoms with Gasteiger partial charge in [-0.15, -0.1) is 0 Å². The molecule has 0 radical (unpaired) electrons. The molecule has 1 unspecified atom stereocenters. The molecule has 2 aromatic carbocycles. The Kier molecular flexibility index (Phi) is 5.22. The van der Waals surface area contributed by atoms with Gasteiger partial charge in [0, 0.05) is 31.9 Å². The van der Waals surface area contributed by atoms with Crippen molar-refractivity contribution in [3.63, 3.8) is 0 Å². The standard InChI is InChI=1S/C20H23FN2O2/c1-15-5-3-4-6-19(15)22-11-13-23(14-12-22)20(24)16(2)25-18-9-7-17(21)8-10-18/h3-10,16H,11-14H2,1-2H3. The number of piperazine rings is 1. The van der Waals surface area contributed by atoms with E-state index < -0.39 is 6.10 Å². The second-order valence-corrected chi connectivity index (χ2v) is 6.31. The summed E-state index contributed by atoms with van der Waals surface area (Å²) < 4.78 is 18.6. The first-order valence-corrected chi connectivity index (χ1v) is 8.56. The fourth-order valence-electron chi connectivity index (χ4n) is 3.11. The molecule has 132 valence electrons. The fraction of sp³-hybridized carbons (Fsp3) is 0.350. The molecule has 0 N–H and O–H groups in total. The second kappa shape index (κ2) is 7.55. The van der Waals surface area contributed by atoms with Crippen molar-refractivity contribution in [3.8, 4) is 5.75 Å². The first kappa shape index (κ1) is 17.3. The zero-order valence-corrected chi connectivity index (χ0v) is 14.6. The molecule has 1 saturated heterocycles. The summed E-state index contributed by atoms with van der Waals surface area (Å²) in [6.07, 6.45) is -0.588. The number of halogens is 1. The van der Waals surface area contributed by atoms with Crippen molar-refractivity contribution >= 4 is 11.6 Å². The van der Waals surface area contributed by atoms with Crippen LogP contribution in [-0.2, 0) is 4.79 Å². The quantitative estimate of drug-likeness (QED) is 0.855. The number of amides is 1. The first-order chi connectivity index (χ1) is 12.0. The van der Waals surface area contributed by atoms with E-state index in [0.717, 1.165) is 13.1 Å². The minimum atomic E-state index is -0.588. The molecule has 25 heavy (non-hydrogen) atoms. The van der Waals surface area contributed by atoms with Crippen molar-refractivity contribution in [2.45, 2.75) is 20.0 Å². The van der Waals surface area contributed by atoms with E-state index in [-0.39, 0.29) is 11.7 Å². The Bertz CT molecular complexity index is 725. The molecule has 0 aromatic heterocycles. The van der Waals surface area contributed by atoms with Crippen LogP contribution in [0, 0.1) is 12.7 Å². The lowest BCUT2D eigenvalue weighted by Gasteiger charge is -2.37. The highest BCUT2D eigenvalue weighted by molar-refractivity contribution is 5.81. The lowest BCUT2D eigenvalue weighted by Crippen LogP contribution is -2.52. The van der Waals surface area contributed by atoms with Crippen LogP contribution in [0.1, 0.15) is 12.5 Å². The normalized spacial score (nSPS) is 15.8. The summed E-state index contributed by atoms with van der Waals surface area (Å²) >= 11 is 0. The highest BCUT2D eigenvalue weighted by atomic mass is 19.1. The summed E-state index contributed by atoms with van der Waals surface area (Å²) in [6, 6.07) is 14.0. The van der Waals surface area contributed by atoms with Gasteiger partial charge in [-0.25, -0.2) is 4.39 Å². The molecule has 0 spiro atoms. The molecule has 0 aliphatic carbocycles. The van der Waals surface area contributed by atoms with Gasteiger partial charge < -0.3 is 14.5 Å². The van der Waals surface area contributed by atoms with Crippen molar-refractivity contribution in [2.75, 3.05) is 31.1 Å². The van der Waals surface area contributed by atoms with Gasteiger partial charge in [0.1, 0.15) is 11.6 Å². The Morgan fingerprint density at radius 1 is 1.04 bits per heavy atom. The Morgan fingerprint density at radius 3 is 2.32 bits per heavy atom. The highest BCUT2D eigenvalue weighted by Gasteiger charge is 2.26. The summed E-state index contributed by atoms with van der Waals surface area (Å²) in [6.45, 7) is 6.79. The van der Waals surface area contributed by atoms with Crippen molar-refractivity contribution in [3.05, 3.63) is 59.9 Å². The number of ether oxygens (including phenoxy) is 1. The van der Waals surface area contributed by atoms with Crippen molar-refractivity contribution < 1.29 is 13.9 Å². The summed E-state index contributed by atoms with van der Waals surface area (Å²) in [7, 11) is 0. The predicted molar refractivity (Wildman–Crippen MR) is 96.5 cm³/mol. The number of anilines is 1. The largest absolute Gasteiger partial charge is 0.481 e. The summed E-state index contributed by atoms with van der Waals surface area (Å²) in [5.41, 5.74) is 2.47. The van der Waals surface area contributed by atoms with Gasteiger partial charge in [0.15, 0.2) is 6.10 Å². The number of nitrogens with zero attached hydrogens (tertiary/aromatic N) is 2. The van der Waals surface area contributed by atoms with Crippen LogP contribution in [0.4, 0.5) is 10.1 Å². The second-order valence-electron chi connectivity index (χ2n) is 6.31. The summed E-state index contributed by atoms with van der Waals surface area (Å²) in [5.74, 6) is 0.146. The number of aryl methyl sites for hydroxylation is 1. The summed E-state index contributed by atoms with van der Waals surface area (Å²) in [4.78, 5) is 16.7. The SMILES string of the molecule is Cc1ccccc1N1CCN(C(=O)C(C)Oc2ccc(F)cc2)CC1. The van der Waals surface area contributed by atoms with Gasteiger partial charge in [0.25, 0.3) is 5.91 Å². The smallest absolute Gasteiger partial charge is 0.263 e. The average molecular weight is 342 g/mol. The van der Waals surface area contributed by atoms with Crippen LogP contribution >= 0.6 is 0 Å². The van der Waals surface area contributed by atoms with Crippen molar-refractivity contribution in [1.29, 1.82) is 0 Å². The maximum atomic E-state index is 12.9. The molecule has 1 aliphatic rings. The molecule has 5 heteroatoms. The third kappa shape index (κ3) is 4.10. The molecule has 1 aliphatic heterocycles. The van der Waals surface area contributed by atoms with Crippen LogP contribution < -0.4 is 9.64 Å². The molecular formula is C20H23FN2O2. The molecule has 0 saturated carbocycles. The summed E-state index contributed by atoms with van der Waals surface area (Å²) in [5, 5.41) is 0. The zero-order chi connectivity index (χ0) is 17.8.